The molecule has 1 saturated carbocycles. The zero-order chi connectivity index (χ0) is 24.4. The van der Waals surface area contributed by atoms with Gasteiger partial charge in [0, 0.05) is 41.9 Å². The number of aryl methyl sites for hydroxylation is 1. The molecule has 2 fully saturated rings. The predicted molar refractivity (Wildman–Crippen MR) is 136 cm³/mol. The van der Waals surface area contributed by atoms with Crippen molar-refractivity contribution in [2.45, 2.75) is 13.0 Å². The minimum Gasteiger partial charge on any atom is -0.351 e. The molecule has 1 aliphatic carbocycles. The summed E-state index contributed by atoms with van der Waals surface area (Å²) in [7, 11) is 0. The number of likely N-dealkylation sites (tertiary alicyclic amines) is 1. The third-order valence-corrected chi connectivity index (χ3v) is 7.40. The largest absolute Gasteiger partial charge is 0.351 e. The Kier molecular flexibility index (Phi) is 4.51. The molecule has 2 amide bonds. The van der Waals surface area contributed by atoms with E-state index in [9.17, 15) is 9.59 Å². The van der Waals surface area contributed by atoms with Gasteiger partial charge in [0.25, 0.3) is 11.8 Å². The van der Waals surface area contributed by atoms with Gasteiger partial charge >= 0.3 is 0 Å². The second-order valence-electron chi connectivity index (χ2n) is 9.82. The number of hydrogen-bond donors (Lipinski definition) is 3. The third-order valence-electron chi connectivity index (χ3n) is 7.40. The van der Waals surface area contributed by atoms with Gasteiger partial charge in [0.1, 0.15) is 17.1 Å². The number of amides is 2. The highest BCUT2D eigenvalue weighted by Crippen LogP contribution is 2.46. The summed E-state index contributed by atoms with van der Waals surface area (Å²) in [4.78, 5) is 43.5. The molecule has 36 heavy (non-hydrogen) atoms. The standard InChI is InChI=1S/C28H24N6O2/c1-15-9-10-16-12-24(30-23(16)11-15)27(35)33-25-17-13-34(14-18(17)25)28(36)22-8-4-7-21(29-22)26-31-19-5-2-3-6-20(19)32-26/h2-12,17-18,25,30H,13-14H2,1H3,(H,31,32)(H,33,35). The van der Waals surface area contributed by atoms with E-state index >= 15 is 0 Å². The maximum Gasteiger partial charge on any atom is 0.272 e. The van der Waals surface area contributed by atoms with Gasteiger partial charge in [0.15, 0.2) is 5.82 Å². The lowest BCUT2D eigenvalue weighted by atomic mass is 10.2. The zero-order valence-electron chi connectivity index (χ0n) is 19.7. The van der Waals surface area contributed by atoms with Crippen molar-refractivity contribution in [2.75, 3.05) is 13.1 Å². The van der Waals surface area contributed by atoms with Crippen LogP contribution in [0.15, 0.2) is 66.7 Å². The summed E-state index contributed by atoms with van der Waals surface area (Å²) in [5.41, 5.74) is 5.52. The second-order valence-corrected chi connectivity index (χ2v) is 9.82. The smallest absolute Gasteiger partial charge is 0.272 e. The molecule has 2 unspecified atom stereocenters. The van der Waals surface area contributed by atoms with Crippen molar-refractivity contribution in [1.82, 2.24) is 30.2 Å². The molecule has 1 aliphatic heterocycles. The number of pyridine rings is 1. The highest BCUT2D eigenvalue weighted by atomic mass is 16.2. The first kappa shape index (κ1) is 20.9. The number of aromatic nitrogens is 4. The molecule has 4 heterocycles. The van der Waals surface area contributed by atoms with Crippen LogP contribution in [0, 0.1) is 18.8 Å². The first-order valence-electron chi connectivity index (χ1n) is 12.2. The van der Waals surface area contributed by atoms with E-state index in [2.05, 4.69) is 25.3 Å². The van der Waals surface area contributed by atoms with Gasteiger partial charge < -0.3 is 20.2 Å². The summed E-state index contributed by atoms with van der Waals surface area (Å²) >= 11 is 0. The van der Waals surface area contributed by atoms with Crippen LogP contribution in [0.25, 0.3) is 33.5 Å². The van der Waals surface area contributed by atoms with Crippen LogP contribution in [0.2, 0.25) is 0 Å². The topological polar surface area (TPSA) is 107 Å². The Morgan fingerprint density at radius 3 is 2.58 bits per heavy atom. The molecule has 0 spiro atoms. The summed E-state index contributed by atoms with van der Waals surface area (Å²) in [6.07, 6.45) is 0. The Morgan fingerprint density at radius 1 is 0.917 bits per heavy atom. The molecule has 3 N–H and O–H groups in total. The fraction of sp³-hybridized carbons (Fsp3) is 0.214. The van der Waals surface area contributed by atoms with Crippen LogP contribution >= 0.6 is 0 Å². The van der Waals surface area contributed by atoms with Crippen LogP contribution in [0.3, 0.4) is 0 Å². The van der Waals surface area contributed by atoms with Crippen molar-refractivity contribution in [2.24, 2.45) is 11.8 Å². The van der Waals surface area contributed by atoms with E-state index < -0.39 is 0 Å². The number of fused-ring (bicyclic) bond motifs is 3. The number of carbonyl (C=O) groups is 2. The Bertz CT molecular complexity index is 1620. The van der Waals surface area contributed by atoms with E-state index in [-0.39, 0.29) is 29.7 Å². The molecule has 2 aliphatic rings. The summed E-state index contributed by atoms with van der Waals surface area (Å²) in [5, 5.41) is 4.18. The van der Waals surface area contributed by atoms with E-state index in [1.54, 1.807) is 6.07 Å². The van der Waals surface area contributed by atoms with Gasteiger partial charge in [-0.25, -0.2) is 9.97 Å². The fourth-order valence-corrected chi connectivity index (χ4v) is 5.42. The molecule has 2 aromatic carbocycles. The SMILES string of the molecule is Cc1ccc2cc(C(=O)NC3C4CN(C(=O)c5cccc(-c6nc7ccccc7[nH]6)n5)CC43)[nH]c2c1. The number of nitrogens with zero attached hydrogens (tertiary/aromatic N) is 3. The molecule has 8 nitrogen and oxygen atoms in total. The van der Waals surface area contributed by atoms with Gasteiger partial charge in [-0.2, -0.15) is 0 Å². The normalized spacial score (nSPS) is 20.6. The number of para-hydroxylation sites is 2. The van der Waals surface area contributed by atoms with Crippen molar-refractivity contribution in [3.8, 4) is 11.5 Å². The maximum atomic E-state index is 13.2. The summed E-state index contributed by atoms with van der Waals surface area (Å²) in [5.74, 6) is 1.02. The van der Waals surface area contributed by atoms with E-state index in [1.807, 2.05) is 72.5 Å². The Balaban J connectivity index is 1.01. The van der Waals surface area contributed by atoms with Crippen LogP contribution in [0.4, 0.5) is 0 Å². The predicted octanol–water partition coefficient (Wildman–Crippen LogP) is 3.92. The van der Waals surface area contributed by atoms with Gasteiger partial charge in [-0.05, 0) is 48.9 Å². The summed E-state index contributed by atoms with van der Waals surface area (Å²) < 4.78 is 0. The number of piperidine rings is 1. The molecule has 0 bridgehead atoms. The highest BCUT2D eigenvalue weighted by Gasteiger charge is 2.57. The first-order valence-corrected chi connectivity index (χ1v) is 12.2. The Labute approximate surface area is 206 Å². The van der Waals surface area contributed by atoms with Crippen LogP contribution in [-0.2, 0) is 0 Å². The molecular formula is C28H24N6O2. The van der Waals surface area contributed by atoms with Crippen LogP contribution in [0.5, 0.6) is 0 Å². The molecule has 178 valence electrons. The maximum absolute atomic E-state index is 13.2. The highest BCUT2D eigenvalue weighted by molar-refractivity contribution is 5.98. The molecule has 3 aromatic heterocycles. The van der Waals surface area contributed by atoms with Gasteiger partial charge in [0.2, 0.25) is 0 Å². The lowest BCUT2D eigenvalue weighted by Crippen LogP contribution is -2.37. The lowest BCUT2D eigenvalue weighted by molar-refractivity contribution is 0.0763. The molecule has 7 rings (SSSR count). The van der Waals surface area contributed by atoms with Gasteiger partial charge in [-0.3, -0.25) is 9.59 Å². The molecule has 0 radical (unpaired) electrons. The van der Waals surface area contributed by atoms with Crippen molar-refractivity contribution in [3.05, 3.63) is 83.7 Å². The minimum absolute atomic E-state index is 0.0868. The number of hydrogen-bond acceptors (Lipinski definition) is 4. The molecule has 8 heteroatoms. The summed E-state index contributed by atoms with van der Waals surface area (Å²) in [6.45, 7) is 3.27. The first-order chi connectivity index (χ1) is 17.5. The summed E-state index contributed by atoms with van der Waals surface area (Å²) in [6, 6.07) is 21.3. The zero-order valence-corrected chi connectivity index (χ0v) is 19.7. The van der Waals surface area contributed by atoms with Crippen molar-refractivity contribution >= 4 is 33.8 Å². The number of imidazole rings is 1. The average Bonchev–Trinajstić information content (AvgIpc) is 3.36. The third kappa shape index (κ3) is 3.45. The van der Waals surface area contributed by atoms with Gasteiger partial charge in [-0.1, -0.05) is 30.3 Å². The van der Waals surface area contributed by atoms with E-state index in [0.717, 1.165) is 27.5 Å². The van der Waals surface area contributed by atoms with Crippen LogP contribution in [-0.4, -0.2) is 55.8 Å². The van der Waals surface area contributed by atoms with E-state index in [0.29, 0.717) is 36.0 Å². The molecular weight excluding hydrogens is 452 g/mol. The Hall–Kier alpha value is -4.46. The van der Waals surface area contributed by atoms with E-state index in [1.165, 1.54) is 0 Å². The van der Waals surface area contributed by atoms with Crippen molar-refractivity contribution in [1.29, 1.82) is 0 Å². The van der Waals surface area contributed by atoms with E-state index in [4.69, 9.17) is 0 Å². The molecule has 5 aromatic rings. The second kappa shape index (κ2) is 7.78. The number of carbonyl (C=O) groups excluding carboxylic acids is 2. The number of benzene rings is 2. The lowest BCUT2D eigenvalue weighted by Gasteiger charge is -2.20. The van der Waals surface area contributed by atoms with Crippen molar-refractivity contribution in [3.63, 3.8) is 0 Å². The van der Waals surface area contributed by atoms with Crippen LogP contribution < -0.4 is 5.32 Å². The fourth-order valence-electron chi connectivity index (χ4n) is 5.42. The number of H-pyrrole nitrogens is 2. The number of nitrogens with one attached hydrogen (secondary N) is 3. The van der Waals surface area contributed by atoms with Gasteiger partial charge in [0.05, 0.1) is 11.0 Å². The number of aromatic amines is 2. The monoisotopic (exact) mass is 476 g/mol. The quantitative estimate of drug-likeness (QED) is 0.366. The Morgan fingerprint density at radius 2 is 1.75 bits per heavy atom. The average molecular weight is 477 g/mol. The molecule has 1 saturated heterocycles. The minimum atomic E-state index is -0.0960. The van der Waals surface area contributed by atoms with Crippen LogP contribution in [0.1, 0.15) is 26.5 Å². The van der Waals surface area contributed by atoms with Gasteiger partial charge in [-0.15, -0.1) is 0 Å². The molecule has 2 atom stereocenters. The van der Waals surface area contributed by atoms with Crippen molar-refractivity contribution < 1.29 is 9.59 Å². The number of rotatable bonds is 4.